The lowest BCUT2D eigenvalue weighted by atomic mass is 10.0. The smallest absolute Gasteiger partial charge is 0.308 e. The zero-order valence-corrected chi connectivity index (χ0v) is 13.3. The lowest BCUT2D eigenvalue weighted by Gasteiger charge is -2.13. The molecule has 0 N–H and O–H groups in total. The van der Waals surface area contributed by atoms with Crippen LogP contribution in [0.15, 0.2) is 48.5 Å². The zero-order chi connectivity index (χ0) is 16.7. The molecule has 1 unspecified atom stereocenters. The molecular weight excluding hydrogens is 292 g/mol. The molecule has 4 nitrogen and oxygen atoms in total. The van der Waals surface area contributed by atoms with Crippen molar-refractivity contribution < 1.29 is 19.1 Å². The summed E-state index contributed by atoms with van der Waals surface area (Å²) in [6, 6.07) is 15.1. The normalized spacial score (nSPS) is 11.6. The zero-order valence-electron chi connectivity index (χ0n) is 13.3. The van der Waals surface area contributed by atoms with Gasteiger partial charge in [-0.1, -0.05) is 43.3 Å². The maximum atomic E-state index is 11.2. The van der Waals surface area contributed by atoms with E-state index in [0.29, 0.717) is 24.5 Å². The Kier molecular flexibility index (Phi) is 5.92. The molecule has 0 aliphatic rings. The van der Waals surface area contributed by atoms with Gasteiger partial charge in [0.25, 0.3) is 0 Å². The molecule has 0 saturated carbocycles. The summed E-state index contributed by atoms with van der Waals surface area (Å²) in [6.45, 7) is 3.59. The molecule has 1 atom stereocenters. The van der Waals surface area contributed by atoms with E-state index in [-0.39, 0.29) is 5.92 Å². The van der Waals surface area contributed by atoms with Crippen LogP contribution in [0.1, 0.15) is 25.0 Å². The first-order valence-electron chi connectivity index (χ1n) is 7.52. The van der Waals surface area contributed by atoms with Gasteiger partial charge in [-0.3, -0.25) is 4.79 Å². The molecule has 0 bridgehead atoms. The van der Waals surface area contributed by atoms with Gasteiger partial charge in [-0.25, -0.2) is 0 Å². The topological polar surface area (TPSA) is 52.6 Å². The molecule has 120 valence electrons. The summed E-state index contributed by atoms with van der Waals surface area (Å²) in [5.41, 5.74) is 1.98. The standard InChI is InChI=1S/C19H20O4/c1-14(12-20)10-17-8-9-18(23-15(2)21)19(11-17)22-13-16-6-4-3-5-7-16/h3-9,11-12,14H,10,13H2,1-2H3. The summed E-state index contributed by atoms with van der Waals surface area (Å²) in [7, 11) is 0. The van der Waals surface area contributed by atoms with Crippen LogP contribution in [0.25, 0.3) is 0 Å². The van der Waals surface area contributed by atoms with Gasteiger partial charge in [0.1, 0.15) is 12.9 Å². The van der Waals surface area contributed by atoms with E-state index in [1.54, 1.807) is 6.07 Å². The summed E-state index contributed by atoms with van der Waals surface area (Å²) < 4.78 is 11.0. The second kappa shape index (κ2) is 8.13. The lowest BCUT2D eigenvalue weighted by Crippen LogP contribution is -2.06. The van der Waals surface area contributed by atoms with Crippen molar-refractivity contribution in [3.05, 3.63) is 59.7 Å². The number of aldehydes is 1. The Morgan fingerprint density at radius 1 is 1.09 bits per heavy atom. The van der Waals surface area contributed by atoms with Crippen molar-refractivity contribution >= 4 is 12.3 Å². The molecule has 0 saturated heterocycles. The van der Waals surface area contributed by atoms with Gasteiger partial charge in [-0.05, 0) is 29.7 Å². The van der Waals surface area contributed by atoms with E-state index >= 15 is 0 Å². The molecule has 0 spiro atoms. The van der Waals surface area contributed by atoms with Crippen LogP contribution in [0, 0.1) is 5.92 Å². The first kappa shape index (κ1) is 16.7. The van der Waals surface area contributed by atoms with Gasteiger partial charge < -0.3 is 14.3 Å². The molecule has 2 aromatic rings. The largest absolute Gasteiger partial charge is 0.485 e. The van der Waals surface area contributed by atoms with Gasteiger partial charge in [0.15, 0.2) is 11.5 Å². The molecule has 4 heteroatoms. The molecule has 0 radical (unpaired) electrons. The highest BCUT2D eigenvalue weighted by atomic mass is 16.6. The van der Waals surface area contributed by atoms with Crippen LogP contribution in [0.2, 0.25) is 0 Å². The third-order valence-electron chi connectivity index (χ3n) is 3.29. The predicted octanol–water partition coefficient (Wildman–Crippen LogP) is 3.57. The SMILES string of the molecule is CC(=O)Oc1ccc(CC(C)C=O)cc1OCc1ccccc1. The molecule has 0 fully saturated rings. The molecule has 0 aromatic heterocycles. The summed E-state index contributed by atoms with van der Waals surface area (Å²) >= 11 is 0. The summed E-state index contributed by atoms with van der Waals surface area (Å²) in [5.74, 6) is 0.413. The lowest BCUT2D eigenvalue weighted by molar-refractivity contribution is -0.132. The number of rotatable bonds is 7. The molecule has 0 heterocycles. The molecular formula is C19H20O4. The minimum Gasteiger partial charge on any atom is -0.485 e. The van der Waals surface area contributed by atoms with Crippen molar-refractivity contribution in [3.63, 3.8) is 0 Å². The number of carbonyl (C=O) groups excluding carboxylic acids is 2. The van der Waals surface area contributed by atoms with Crippen LogP contribution in [-0.2, 0) is 22.6 Å². The first-order valence-corrected chi connectivity index (χ1v) is 7.52. The van der Waals surface area contributed by atoms with Crippen molar-refractivity contribution in [1.82, 2.24) is 0 Å². The van der Waals surface area contributed by atoms with Crippen molar-refractivity contribution in [2.24, 2.45) is 5.92 Å². The van der Waals surface area contributed by atoms with E-state index in [2.05, 4.69) is 0 Å². The minimum absolute atomic E-state index is 0.0726. The van der Waals surface area contributed by atoms with Crippen molar-refractivity contribution in [1.29, 1.82) is 0 Å². The summed E-state index contributed by atoms with van der Waals surface area (Å²) in [6.07, 6.45) is 1.54. The average molecular weight is 312 g/mol. The fourth-order valence-electron chi connectivity index (χ4n) is 2.19. The van der Waals surface area contributed by atoms with Crippen LogP contribution < -0.4 is 9.47 Å². The van der Waals surface area contributed by atoms with Crippen LogP contribution in [0.4, 0.5) is 0 Å². The first-order chi connectivity index (χ1) is 11.1. The summed E-state index contributed by atoms with van der Waals surface area (Å²) in [5, 5.41) is 0. The Hall–Kier alpha value is -2.62. The highest BCUT2D eigenvalue weighted by molar-refractivity contribution is 5.70. The third kappa shape index (κ3) is 5.25. The quantitative estimate of drug-likeness (QED) is 0.445. The number of ether oxygens (including phenoxy) is 2. The van der Waals surface area contributed by atoms with Crippen molar-refractivity contribution in [2.45, 2.75) is 26.9 Å². The molecule has 23 heavy (non-hydrogen) atoms. The van der Waals surface area contributed by atoms with E-state index in [0.717, 1.165) is 17.4 Å². The molecule has 2 aromatic carbocycles. The van der Waals surface area contributed by atoms with Crippen LogP contribution in [0.3, 0.4) is 0 Å². The average Bonchev–Trinajstić information content (AvgIpc) is 2.55. The number of hydrogen-bond donors (Lipinski definition) is 0. The fraction of sp³-hybridized carbons (Fsp3) is 0.263. The monoisotopic (exact) mass is 312 g/mol. The molecule has 0 aliphatic carbocycles. The third-order valence-corrected chi connectivity index (χ3v) is 3.29. The van der Waals surface area contributed by atoms with E-state index < -0.39 is 5.97 Å². The van der Waals surface area contributed by atoms with Gasteiger partial charge in [0.05, 0.1) is 0 Å². The van der Waals surface area contributed by atoms with Gasteiger partial charge in [0.2, 0.25) is 0 Å². The number of benzene rings is 2. The van der Waals surface area contributed by atoms with Crippen LogP contribution in [0.5, 0.6) is 11.5 Å². The number of hydrogen-bond acceptors (Lipinski definition) is 4. The van der Waals surface area contributed by atoms with E-state index in [1.165, 1.54) is 6.92 Å². The van der Waals surface area contributed by atoms with Gasteiger partial charge in [0, 0.05) is 12.8 Å². The van der Waals surface area contributed by atoms with E-state index in [4.69, 9.17) is 9.47 Å². The van der Waals surface area contributed by atoms with Gasteiger partial charge in [-0.2, -0.15) is 0 Å². The minimum atomic E-state index is -0.399. The van der Waals surface area contributed by atoms with E-state index in [9.17, 15) is 9.59 Å². The highest BCUT2D eigenvalue weighted by Gasteiger charge is 2.11. The Labute approximate surface area is 136 Å². The predicted molar refractivity (Wildman–Crippen MR) is 87.5 cm³/mol. The fourth-order valence-corrected chi connectivity index (χ4v) is 2.19. The Balaban J connectivity index is 2.19. The van der Waals surface area contributed by atoms with Gasteiger partial charge >= 0.3 is 5.97 Å². The molecule has 0 aliphatic heterocycles. The second-order valence-electron chi connectivity index (χ2n) is 5.47. The Morgan fingerprint density at radius 3 is 2.48 bits per heavy atom. The summed E-state index contributed by atoms with van der Waals surface area (Å²) in [4.78, 5) is 22.0. The Morgan fingerprint density at radius 2 is 1.83 bits per heavy atom. The van der Waals surface area contributed by atoms with Crippen LogP contribution in [-0.4, -0.2) is 12.3 Å². The number of esters is 1. The Bertz CT molecular complexity index is 664. The number of carbonyl (C=O) groups is 2. The van der Waals surface area contributed by atoms with Crippen molar-refractivity contribution in [3.8, 4) is 11.5 Å². The van der Waals surface area contributed by atoms with Crippen LogP contribution >= 0.6 is 0 Å². The van der Waals surface area contributed by atoms with Crippen molar-refractivity contribution in [2.75, 3.05) is 0 Å². The molecule has 2 rings (SSSR count). The maximum absolute atomic E-state index is 11.2. The van der Waals surface area contributed by atoms with Gasteiger partial charge in [-0.15, -0.1) is 0 Å². The van der Waals surface area contributed by atoms with E-state index in [1.807, 2.05) is 49.4 Å². The highest BCUT2D eigenvalue weighted by Crippen LogP contribution is 2.30. The maximum Gasteiger partial charge on any atom is 0.308 e. The molecule has 0 amide bonds. The second-order valence-corrected chi connectivity index (χ2v) is 5.47.